The lowest BCUT2D eigenvalue weighted by molar-refractivity contribution is -0.159. The van der Waals surface area contributed by atoms with Gasteiger partial charge in [0.25, 0.3) is 0 Å². The van der Waals surface area contributed by atoms with Crippen molar-refractivity contribution in [1.82, 2.24) is 4.90 Å². The fourth-order valence-electron chi connectivity index (χ4n) is 4.14. The highest BCUT2D eigenvalue weighted by atomic mass is 16.6. The van der Waals surface area contributed by atoms with Crippen LogP contribution in [0.15, 0.2) is 18.2 Å². The highest BCUT2D eigenvalue weighted by Crippen LogP contribution is 2.36. The third-order valence-electron chi connectivity index (χ3n) is 5.47. The van der Waals surface area contributed by atoms with E-state index in [1.54, 1.807) is 0 Å². The van der Waals surface area contributed by atoms with Gasteiger partial charge in [0.15, 0.2) is 0 Å². The summed E-state index contributed by atoms with van der Waals surface area (Å²) in [5.74, 6) is 0.815. The number of ether oxygens (including phenoxy) is 3. The van der Waals surface area contributed by atoms with Crippen LogP contribution in [0.3, 0.4) is 0 Å². The zero-order valence-electron chi connectivity index (χ0n) is 14.9. The molecule has 0 aromatic heterocycles. The summed E-state index contributed by atoms with van der Waals surface area (Å²) in [6.07, 6.45) is 2.83. The molecule has 3 heterocycles. The molecule has 0 saturated carbocycles. The van der Waals surface area contributed by atoms with Gasteiger partial charge in [-0.05, 0) is 38.3 Å². The third-order valence-corrected chi connectivity index (χ3v) is 5.47. The Labute approximate surface area is 148 Å². The van der Waals surface area contributed by atoms with Gasteiger partial charge in [-0.3, -0.25) is 0 Å². The number of fused-ring (bicyclic) bond motifs is 1. The Morgan fingerprint density at radius 1 is 1.32 bits per heavy atom. The van der Waals surface area contributed by atoms with Gasteiger partial charge >= 0.3 is 6.03 Å². The van der Waals surface area contributed by atoms with E-state index in [4.69, 9.17) is 14.2 Å². The topological polar surface area (TPSA) is 60.0 Å². The average molecular weight is 346 g/mol. The first-order valence-electron chi connectivity index (χ1n) is 9.17. The molecular formula is C19H26N2O4. The van der Waals surface area contributed by atoms with Crippen LogP contribution in [0.5, 0.6) is 5.75 Å². The van der Waals surface area contributed by atoms with Crippen LogP contribution in [0.2, 0.25) is 0 Å². The van der Waals surface area contributed by atoms with Crippen LogP contribution in [0.25, 0.3) is 0 Å². The van der Waals surface area contributed by atoms with Crippen LogP contribution in [-0.2, 0) is 15.9 Å². The van der Waals surface area contributed by atoms with Crippen molar-refractivity contribution in [2.24, 2.45) is 0 Å². The van der Waals surface area contributed by atoms with Gasteiger partial charge in [0.1, 0.15) is 11.4 Å². The molecule has 0 radical (unpaired) electrons. The third kappa shape index (κ3) is 3.09. The van der Waals surface area contributed by atoms with E-state index in [1.807, 2.05) is 30.9 Å². The van der Waals surface area contributed by atoms with Crippen LogP contribution >= 0.6 is 0 Å². The van der Waals surface area contributed by atoms with Gasteiger partial charge < -0.3 is 24.4 Å². The number of nitrogens with one attached hydrogen (secondary N) is 1. The zero-order chi connectivity index (χ0) is 17.4. The molecule has 3 aliphatic rings. The predicted molar refractivity (Wildman–Crippen MR) is 94.2 cm³/mol. The smallest absolute Gasteiger partial charge is 0.322 e. The van der Waals surface area contributed by atoms with Crippen LogP contribution in [0.1, 0.15) is 32.3 Å². The SMILES string of the molecule is C[C@@H]1CN(C(=O)Nc2cccc3c2OCCC3)C[C@]2(CCO[C@H]2C)O1. The van der Waals surface area contributed by atoms with Crippen molar-refractivity contribution in [2.45, 2.75) is 50.9 Å². The first-order valence-corrected chi connectivity index (χ1v) is 9.17. The van der Waals surface area contributed by atoms with Gasteiger partial charge in [0.2, 0.25) is 0 Å². The number of carbonyl (C=O) groups excluding carboxylic acids is 1. The lowest BCUT2D eigenvalue weighted by atomic mass is 9.93. The first-order chi connectivity index (χ1) is 12.1. The average Bonchev–Trinajstić information content (AvgIpc) is 2.94. The van der Waals surface area contributed by atoms with Crippen molar-refractivity contribution in [3.63, 3.8) is 0 Å². The Morgan fingerprint density at radius 2 is 2.20 bits per heavy atom. The summed E-state index contributed by atoms with van der Waals surface area (Å²) in [5.41, 5.74) is 1.53. The highest BCUT2D eigenvalue weighted by molar-refractivity contribution is 5.91. The molecule has 1 N–H and O–H groups in total. The van der Waals surface area contributed by atoms with E-state index in [9.17, 15) is 4.79 Å². The van der Waals surface area contributed by atoms with E-state index in [-0.39, 0.29) is 23.8 Å². The van der Waals surface area contributed by atoms with Crippen molar-refractivity contribution in [1.29, 1.82) is 0 Å². The molecule has 6 heteroatoms. The fraction of sp³-hybridized carbons (Fsp3) is 0.632. The number of morpholine rings is 1. The maximum absolute atomic E-state index is 12.9. The molecule has 1 aromatic rings. The van der Waals surface area contributed by atoms with Crippen LogP contribution in [0.4, 0.5) is 10.5 Å². The number of amides is 2. The number of rotatable bonds is 1. The fourth-order valence-corrected chi connectivity index (χ4v) is 4.14. The number of hydrogen-bond acceptors (Lipinski definition) is 4. The van der Waals surface area contributed by atoms with Crippen molar-refractivity contribution in [3.05, 3.63) is 23.8 Å². The van der Waals surface area contributed by atoms with E-state index < -0.39 is 0 Å². The quantitative estimate of drug-likeness (QED) is 0.849. The molecule has 25 heavy (non-hydrogen) atoms. The van der Waals surface area contributed by atoms with Gasteiger partial charge in [-0.1, -0.05) is 12.1 Å². The number of aryl methyl sites for hydroxylation is 1. The molecule has 136 valence electrons. The Kier molecular flexibility index (Phi) is 4.33. The molecule has 0 bridgehead atoms. The summed E-state index contributed by atoms with van der Waals surface area (Å²) in [6, 6.07) is 5.84. The minimum absolute atomic E-state index is 0.00151. The number of hydrogen-bond donors (Lipinski definition) is 1. The molecule has 0 unspecified atom stereocenters. The van der Waals surface area contributed by atoms with Crippen LogP contribution in [0, 0.1) is 0 Å². The van der Waals surface area contributed by atoms with E-state index >= 15 is 0 Å². The largest absolute Gasteiger partial charge is 0.491 e. The van der Waals surface area contributed by atoms with Crippen molar-refractivity contribution < 1.29 is 19.0 Å². The summed E-state index contributed by atoms with van der Waals surface area (Å²) in [7, 11) is 0. The molecule has 1 spiro atoms. The second kappa shape index (κ2) is 6.50. The Balaban J connectivity index is 1.51. The van der Waals surface area contributed by atoms with Crippen LogP contribution < -0.4 is 10.1 Å². The Morgan fingerprint density at radius 3 is 3.00 bits per heavy atom. The highest BCUT2D eigenvalue weighted by Gasteiger charge is 2.48. The molecule has 3 aliphatic heterocycles. The maximum Gasteiger partial charge on any atom is 0.322 e. The number of para-hydroxylation sites is 1. The van der Waals surface area contributed by atoms with Crippen molar-refractivity contribution >= 4 is 11.7 Å². The standard InChI is InChI=1S/C19H26N2O4/c1-13-11-21(12-19(25-13)8-10-23-14(19)2)18(22)20-16-7-3-5-15-6-4-9-24-17(15)16/h3,5,7,13-14H,4,6,8-12H2,1-2H3,(H,20,22)/t13-,14+,19+/m1/s1. The Bertz CT molecular complexity index is 665. The normalized spacial score (nSPS) is 31.5. The number of benzene rings is 1. The van der Waals surface area contributed by atoms with E-state index in [0.29, 0.717) is 26.3 Å². The summed E-state index contributed by atoms with van der Waals surface area (Å²) in [6.45, 7) is 6.56. The number of nitrogens with zero attached hydrogens (tertiary/aromatic N) is 1. The molecule has 2 amide bonds. The summed E-state index contributed by atoms with van der Waals surface area (Å²) >= 11 is 0. The van der Waals surface area contributed by atoms with Gasteiger partial charge in [0.05, 0.1) is 31.0 Å². The van der Waals surface area contributed by atoms with E-state index in [0.717, 1.165) is 36.3 Å². The number of anilines is 1. The minimum atomic E-state index is -0.387. The molecule has 3 atom stereocenters. The van der Waals surface area contributed by atoms with Gasteiger partial charge in [-0.15, -0.1) is 0 Å². The second-order valence-corrected chi connectivity index (χ2v) is 7.31. The molecule has 2 fully saturated rings. The van der Waals surface area contributed by atoms with Crippen molar-refractivity contribution in [3.8, 4) is 5.75 Å². The Hall–Kier alpha value is -1.79. The first kappa shape index (κ1) is 16.7. The summed E-state index contributed by atoms with van der Waals surface area (Å²) in [5, 5.41) is 3.05. The molecular weight excluding hydrogens is 320 g/mol. The zero-order valence-corrected chi connectivity index (χ0v) is 14.9. The van der Waals surface area contributed by atoms with Gasteiger partial charge in [0, 0.05) is 19.6 Å². The predicted octanol–water partition coefficient (Wildman–Crippen LogP) is 2.81. The second-order valence-electron chi connectivity index (χ2n) is 7.31. The molecule has 0 aliphatic carbocycles. The van der Waals surface area contributed by atoms with E-state index in [1.165, 1.54) is 0 Å². The molecule has 2 saturated heterocycles. The van der Waals surface area contributed by atoms with Gasteiger partial charge in [-0.2, -0.15) is 0 Å². The molecule has 6 nitrogen and oxygen atoms in total. The maximum atomic E-state index is 12.9. The number of carbonyl (C=O) groups is 1. The number of urea groups is 1. The molecule has 4 rings (SSSR count). The van der Waals surface area contributed by atoms with Crippen LogP contribution in [-0.4, -0.2) is 55.0 Å². The van der Waals surface area contributed by atoms with Gasteiger partial charge in [-0.25, -0.2) is 4.79 Å². The van der Waals surface area contributed by atoms with E-state index in [2.05, 4.69) is 11.4 Å². The summed E-state index contributed by atoms with van der Waals surface area (Å²) in [4.78, 5) is 14.8. The monoisotopic (exact) mass is 346 g/mol. The van der Waals surface area contributed by atoms with Crippen molar-refractivity contribution in [2.75, 3.05) is 31.6 Å². The lowest BCUT2D eigenvalue weighted by Gasteiger charge is -2.45. The lowest BCUT2D eigenvalue weighted by Crippen LogP contribution is -2.60. The molecule has 1 aromatic carbocycles. The summed E-state index contributed by atoms with van der Waals surface area (Å²) < 4.78 is 17.7. The minimum Gasteiger partial charge on any atom is -0.491 e.